The number of carbonyl (C=O) groups is 4. The van der Waals surface area contributed by atoms with Crippen LogP contribution in [0, 0.1) is 13.8 Å². The standard InChI is InChI=1S/C40H40B20N4O8/c1-17-21(5-7-33(65)66)31-16-32-22(6-8-34(67)68)18(2)27(64-32)14-30-24(10-12-72-40(70)60(38-47-57-58-48-38)50-36-43-53-54-44-36)20(4)28(63-30)15-29-23(19(3)26(61-29)13-25(17)62-31)9-11-71-39(69)59(37-45-55-56-46-37)49-35-41-51-52-42-35/h13-16,35-38,61,63H,5-12H2,1-4H3,(H,65,66)(H,67,68). The second-order valence-corrected chi connectivity index (χ2v) is 19.1. The predicted molar refractivity (Wildman–Crippen MR) is 309 cm³/mol. The van der Waals surface area contributed by atoms with Gasteiger partial charge in [0.25, 0.3) is 0 Å². The van der Waals surface area contributed by atoms with Crippen LogP contribution in [0.1, 0.15) is 84.6 Å². The number of nitrogens with one attached hydrogen (secondary N) is 2. The molecule has 0 saturated carbocycles. The number of fused-ring (bicyclic) bond motifs is 8. The third-order valence-electron chi connectivity index (χ3n) is 14.5. The zero-order chi connectivity index (χ0) is 50.5. The van der Waals surface area contributed by atoms with Crippen LogP contribution in [0.3, 0.4) is 0 Å². The van der Waals surface area contributed by atoms with E-state index in [1.165, 1.54) is 0 Å². The molecule has 328 valence electrons. The molecule has 0 atom stereocenters. The van der Waals surface area contributed by atoms with Crippen molar-refractivity contribution in [2.75, 3.05) is 13.2 Å². The molecule has 0 spiro atoms. The number of hydrogen-bond donors (Lipinski definition) is 4. The van der Waals surface area contributed by atoms with Crippen molar-refractivity contribution in [3.05, 3.63) is 69.3 Å². The Bertz CT molecular complexity index is 2810. The Kier molecular flexibility index (Phi) is 17.5. The number of rotatable bonds is 20. The maximum absolute atomic E-state index is 13.9. The minimum absolute atomic E-state index is 0.0339. The number of aryl methyl sites for hydroxylation is 2. The van der Waals surface area contributed by atoms with Gasteiger partial charge in [-0.2, -0.15) is 0 Å². The highest BCUT2D eigenvalue weighted by Crippen LogP contribution is 2.38. The number of H-pyrrole nitrogens is 2. The minimum Gasteiger partial charge on any atom is -0.481 e. The maximum Gasteiger partial charge on any atom is 0.303 e. The van der Waals surface area contributed by atoms with Gasteiger partial charge in [-0.25, -0.2) is 9.97 Å². The summed E-state index contributed by atoms with van der Waals surface area (Å²) < 4.78 is 12.2. The maximum atomic E-state index is 13.9. The fraction of sp³-hybridized carbons (Fsp3) is 0.400. The first-order valence-corrected chi connectivity index (χ1v) is 24.8. The van der Waals surface area contributed by atoms with Crippen LogP contribution < -0.4 is 0 Å². The molecule has 0 unspecified atom stereocenters. The van der Waals surface area contributed by atoms with E-state index in [4.69, 9.17) is 19.4 Å². The van der Waals surface area contributed by atoms with E-state index < -0.39 is 25.1 Å². The van der Waals surface area contributed by atoms with Crippen LogP contribution in [0.15, 0.2) is 24.3 Å². The number of allylic oxidation sites excluding steroid dienone is 4. The van der Waals surface area contributed by atoms with Crippen LogP contribution in [-0.4, -0.2) is 208 Å². The Morgan fingerprint density at radius 1 is 0.528 bits per heavy atom. The lowest BCUT2D eigenvalue weighted by Gasteiger charge is -2.22. The van der Waals surface area contributed by atoms with Crippen molar-refractivity contribution in [1.29, 1.82) is 0 Å². The minimum atomic E-state index is -0.936. The number of carboxylic acid groups (broad SMARTS) is 2. The summed E-state index contributed by atoms with van der Waals surface area (Å²) in [5.74, 6) is -2.46. The second kappa shape index (κ2) is 24.0. The number of aromatic nitrogens is 4. The van der Waals surface area contributed by atoms with Gasteiger partial charge in [-0.15, -0.1) is 22.5 Å². The van der Waals surface area contributed by atoms with Gasteiger partial charge in [0.1, 0.15) is 0 Å². The average Bonchev–Trinajstić information content (AvgIpc) is 4.22. The first-order valence-electron chi connectivity index (χ1n) is 24.8. The number of ether oxygens (including phenoxy) is 2. The Hall–Kier alpha value is -4.22. The monoisotopic (exact) mass is 924 g/mol. The summed E-state index contributed by atoms with van der Waals surface area (Å²) in [4.78, 5) is 69.3. The van der Waals surface area contributed by atoms with E-state index in [1.54, 1.807) is 0 Å². The Labute approximate surface area is 437 Å². The number of aromatic amines is 2. The van der Waals surface area contributed by atoms with Crippen molar-refractivity contribution in [2.45, 2.75) is 88.7 Å². The van der Waals surface area contributed by atoms with Gasteiger partial charge in [0, 0.05) is 162 Å². The fourth-order valence-corrected chi connectivity index (χ4v) is 10.4. The van der Waals surface area contributed by atoms with E-state index in [0.29, 0.717) is 35.6 Å². The zero-order valence-electron chi connectivity index (χ0n) is 41.1. The summed E-state index contributed by atoms with van der Waals surface area (Å²) in [7, 11) is 36.1. The van der Waals surface area contributed by atoms with Crippen LogP contribution in [0.25, 0.3) is 44.4 Å². The van der Waals surface area contributed by atoms with Gasteiger partial charge in [-0.05, 0) is 109 Å². The average molecular weight is 921 g/mol. The normalized spacial score (nSPS) is 16.1. The van der Waals surface area contributed by atoms with Crippen molar-refractivity contribution in [3.63, 3.8) is 0 Å². The van der Waals surface area contributed by atoms with Gasteiger partial charge in [0.15, 0.2) is 0 Å². The predicted octanol–water partition coefficient (Wildman–Crippen LogP) is 0.715. The molecule has 3 aromatic heterocycles. The van der Waals surface area contributed by atoms with Gasteiger partial charge in [0.2, 0.25) is 24.9 Å². The molecule has 0 aromatic carbocycles. The molecule has 4 N–H and O–H groups in total. The summed E-state index contributed by atoms with van der Waals surface area (Å²) in [5.41, 5.74) is 12.4. The third-order valence-corrected chi connectivity index (χ3v) is 14.5. The van der Waals surface area contributed by atoms with Crippen LogP contribution >= 0.6 is 0 Å². The quantitative estimate of drug-likeness (QED) is 0.118. The van der Waals surface area contributed by atoms with E-state index >= 15 is 0 Å². The number of nitrogens with zero attached hydrogens (tertiary/aromatic N) is 2. The molecule has 0 aliphatic carbocycles. The summed E-state index contributed by atoms with van der Waals surface area (Å²) in [6.07, 6.45) is 1.03. The lowest BCUT2D eigenvalue weighted by molar-refractivity contribution is -0.137. The highest BCUT2D eigenvalue weighted by molar-refractivity contribution is 7.61. The molecular weight excluding hydrogens is 881 g/mol. The van der Waals surface area contributed by atoms with E-state index in [9.17, 15) is 29.4 Å². The van der Waals surface area contributed by atoms with Crippen molar-refractivity contribution in [3.8, 4) is 0 Å². The number of hydrogen-bond acceptors (Lipinski definition) is 8. The van der Waals surface area contributed by atoms with E-state index in [2.05, 4.69) is 44.7 Å². The Balaban J connectivity index is 1.12. The lowest BCUT2D eigenvalue weighted by atomic mass is 9.00. The fourth-order valence-electron chi connectivity index (χ4n) is 10.4. The molecule has 18 radical (unpaired) electrons. The summed E-state index contributed by atoms with van der Waals surface area (Å²) in [6.45, 7) is 7.26. The lowest BCUT2D eigenvalue weighted by Crippen LogP contribution is -2.45. The molecule has 4 fully saturated rings. The molecule has 0 amide bonds. The van der Waals surface area contributed by atoms with Crippen LogP contribution in [0.4, 0.5) is 9.59 Å². The number of carboxylic acids is 2. The van der Waals surface area contributed by atoms with Crippen molar-refractivity contribution in [2.24, 2.45) is 0 Å². The molecule has 9 heterocycles. The summed E-state index contributed by atoms with van der Waals surface area (Å²) in [5, 5.41) is 19.6. The van der Waals surface area contributed by atoms with Gasteiger partial charge < -0.3 is 29.7 Å². The van der Waals surface area contributed by atoms with Crippen molar-refractivity contribution >= 4 is 209 Å². The van der Waals surface area contributed by atoms with Crippen LogP contribution in [-0.2, 0) is 31.9 Å². The smallest absolute Gasteiger partial charge is 0.303 e. The number of aliphatic carboxylic acids is 2. The van der Waals surface area contributed by atoms with Crippen LogP contribution in [0.2, 0.25) is 22.5 Å². The van der Waals surface area contributed by atoms with Gasteiger partial charge >= 0.3 is 11.9 Å². The first kappa shape index (κ1) is 52.6. The van der Waals surface area contributed by atoms with E-state index in [0.717, 1.165) is 66.6 Å². The van der Waals surface area contributed by atoms with Crippen molar-refractivity contribution in [1.82, 2.24) is 19.9 Å². The summed E-state index contributed by atoms with van der Waals surface area (Å²) in [6, 6.07) is 7.84. The highest BCUT2D eigenvalue weighted by Gasteiger charge is 2.40. The first-order chi connectivity index (χ1) is 34.8. The molecule has 32 heteroatoms. The van der Waals surface area contributed by atoms with Gasteiger partial charge in [0.05, 0.1) is 50.3 Å². The van der Waals surface area contributed by atoms with Gasteiger partial charge in [-0.1, -0.05) is 0 Å². The molecule has 6 aliphatic heterocycles. The third kappa shape index (κ3) is 12.3. The molecule has 8 bridgehead atoms. The highest BCUT2D eigenvalue weighted by atomic mass is 16.5. The van der Waals surface area contributed by atoms with Gasteiger partial charge in [-0.3, -0.25) is 19.2 Å². The SMILES string of the molecule is CC1=C(CCC(=O)O)c2cc3nc(cc4[nH]c(cc5[nH]c(cc1n2)c(C)c5CCOC(=O)B([B]C1[B][B][B][B]1)C1[B][B][B][B]1)c(C)c4CCOC(=O)B([B]C1[B][B][B][B]1)C1[B][B][B][B]1)C(C)=C3CCC(=O)O. The largest absolute Gasteiger partial charge is 0.481 e. The summed E-state index contributed by atoms with van der Waals surface area (Å²) >= 11 is 0. The zero-order valence-corrected chi connectivity index (χ0v) is 41.1. The van der Waals surface area contributed by atoms with E-state index in [-0.39, 0.29) is 73.1 Å². The van der Waals surface area contributed by atoms with Crippen LogP contribution in [0.5, 0.6) is 0 Å². The number of carbonyl (C=O) groups excluding carboxylic acids is 2. The topological polar surface area (TPSA) is 185 Å². The molecule has 3 aromatic rings. The molecule has 12 nitrogen and oxygen atoms in total. The Morgan fingerprint density at radius 2 is 0.903 bits per heavy atom. The van der Waals surface area contributed by atoms with Crippen molar-refractivity contribution < 1.29 is 38.9 Å². The Morgan fingerprint density at radius 3 is 1.32 bits per heavy atom. The molecule has 9 rings (SSSR count). The second-order valence-electron chi connectivity index (χ2n) is 19.1. The molecule has 72 heavy (non-hydrogen) atoms. The van der Waals surface area contributed by atoms with E-state index in [1.807, 2.05) is 145 Å². The molecule has 6 aliphatic rings. The molecular formula is C40H40B20N4O8. The molecule has 4 saturated heterocycles.